The van der Waals surface area contributed by atoms with Gasteiger partial charge in [0.05, 0.1) is 22.7 Å². The summed E-state index contributed by atoms with van der Waals surface area (Å²) in [7, 11) is -3.79. The number of pyridine rings is 1. The maximum absolute atomic E-state index is 12.3. The average molecular weight is 532 g/mol. The zero-order chi connectivity index (χ0) is 27.6. The van der Waals surface area contributed by atoms with Crippen molar-refractivity contribution in [1.29, 1.82) is 0 Å². The number of benzene rings is 2. The highest BCUT2D eigenvalue weighted by molar-refractivity contribution is 7.92. The molecule has 2 aromatic carbocycles. The molecule has 0 fully saturated rings. The highest BCUT2D eigenvalue weighted by Gasteiger charge is 2.16. The van der Waals surface area contributed by atoms with Gasteiger partial charge in [0.2, 0.25) is 0 Å². The summed E-state index contributed by atoms with van der Waals surface area (Å²) in [5.41, 5.74) is 0.295. The molecular formula is C22H20N4O10S. The van der Waals surface area contributed by atoms with Crippen molar-refractivity contribution >= 4 is 45.1 Å². The first-order valence-electron chi connectivity index (χ1n) is 10.0. The minimum atomic E-state index is -3.79. The highest BCUT2D eigenvalue weighted by Crippen LogP contribution is 2.26. The van der Waals surface area contributed by atoms with Crippen LogP contribution < -0.4 is 4.72 Å². The third kappa shape index (κ3) is 9.00. The third-order valence-corrected chi connectivity index (χ3v) is 5.57. The van der Waals surface area contributed by atoms with Gasteiger partial charge >= 0.3 is 17.9 Å². The molecule has 1 atom stereocenters. The van der Waals surface area contributed by atoms with Gasteiger partial charge in [-0.3, -0.25) is 9.52 Å². The van der Waals surface area contributed by atoms with Gasteiger partial charge in [-0.2, -0.15) is 10.2 Å². The van der Waals surface area contributed by atoms with Crippen molar-refractivity contribution in [3.05, 3.63) is 72.4 Å². The van der Waals surface area contributed by atoms with E-state index in [9.17, 15) is 27.9 Å². The number of anilines is 1. The number of phenols is 1. The van der Waals surface area contributed by atoms with Crippen LogP contribution in [0.4, 0.5) is 17.2 Å². The van der Waals surface area contributed by atoms with Crippen molar-refractivity contribution in [1.82, 2.24) is 4.98 Å². The van der Waals surface area contributed by atoms with Crippen molar-refractivity contribution in [2.75, 3.05) is 4.72 Å². The summed E-state index contributed by atoms with van der Waals surface area (Å²) < 4.78 is 27.0. The molecule has 0 saturated carbocycles. The maximum atomic E-state index is 12.3. The Kier molecular flexibility index (Phi) is 9.74. The number of carbonyl (C=O) groups is 3. The number of carboxylic acid groups (broad SMARTS) is 3. The Morgan fingerprint density at radius 3 is 2.05 bits per heavy atom. The fourth-order valence-electron chi connectivity index (χ4n) is 2.44. The number of aromatic carboxylic acids is 1. The smallest absolute Gasteiger partial charge is 0.339 e. The monoisotopic (exact) mass is 532 g/mol. The second-order valence-electron chi connectivity index (χ2n) is 6.97. The van der Waals surface area contributed by atoms with E-state index in [0.29, 0.717) is 5.69 Å². The minimum Gasteiger partial charge on any atom is -0.507 e. The molecule has 3 rings (SSSR count). The van der Waals surface area contributed by atoms with E-state index in [2.05, 4.69) is 19.9 Å². The number of rotatable bonds is 9. The van der Waals surface area contributed by atoms with Crippen LogP contribution >= 0.6 is 0 Å². The van der Waals surface area contributed by atoms with Crippen LogP contribution in [0.25, 0.3) is 0 Å². The van der Waals surface area contributed by atoms with Crippen LogP contribution in [0.1, 0.15) is 16.8 Å². The number of hydrogen-bond donors (Lipinski definition) is 6. The van der Waals surface area contributed by atoms with Gasteiger partial charge in [0.1, 0.15) is 17.1 Å². The third-order valence-electron chi connectivity index (χ3n) is 4.20. The first-order valence-corrected chi connectivity index (χ1v) is 11.5. The van der Waals surface area contributed by atoms with Gasteiger partial charge in [-0.1, -0.05) is 6.07 Å². The van der Waals surface area contributed by atoms with Crippen molar-refractivity contribution in [3.8, 4) is 5.75 Å². The average Bonchev–Trinajstić information content (AvgIpc) is 2.84. The lowest BCUT2D eigenvalue weighted by atomic mass is 10.2. The molecule has 37 heavy (non-hydrogen) atoms. The van der Waals surface area contributed by atoms with Crippen LogP contribution in [0.15, 0.2) is 82.0 Å². The quantitative estimate of drug-likeness (QED) is 0.219. The molecule has 6 N–H and O–H groups in total. The predicted octanol–water partition coefficient (Wildman–Crippen LogP) is 2.61. The number of azo groups is 1. The topological polar surface area (TPSA) is 236 Å². The predicted molar refractivity (Wildman–Crippen MR) is 127 cm³/mol. The van der Waals surface area contributed by atoms with Gasteiger partial charge in [-0.05, 0) is 54.6 Å². The largest absolute Gasteiger partial charge is 0.507 e. The molecule has 0 spiro atoms. The number of carboxylic acids is 3. The summed E-state index contributed by atoms with van der Waals surface area (Å²) in [6.07, 6.45) is -1.07. The molecule has 194 valence electrons. The zero-order valence-electron chi connectivity index (χ0n) is 18.7. The molecule has 0 aliphatic heterocycles. The van der Waals surface area contributed by atoms with Gasteiger partial charge < -0.3 is 25.5 Å². The molecule has 0 radical (unpaired) electrons. The van der Waals surface area contributed by atoms with Gasteiger partial charge in [0.25, 0.3) is 10.0 Å². The van der Waals surface area contributed by atoms with Crippen LogP contribution in [0.2, 0.25) is 0 Å². The van der Waals surface area contributed by atoms with Crippen LogP contribution in [-0.4, -0.2) is 62.9 Å². The Morgan fingerprint density at radius 1 is 0.919 bits per heavy atom. The number of aromatic hydroxyl groups is 1. The summed E-state index contributed by atoms with van der Waals surface area (Å²) in [5, 5.41) is 50.4. The summed E-state index contributed by atoms with van der Waals surface area (Å²) in [6.45, 7) is 0. The normalized spacial score (nSPS) is 11.7. The van der Waals surface area contributed by atoms with Gasteiger partial charge in [0.15, 0.2) is 6.10 Å². The lowest BCUT2D eigenvalue weighted by Crippen LogP contribution is -2.22. The lowest BCUT2D eigenvalue weighted by molar-refractivity contribution is -0.152. The van der Waals surface area contributed by atoms with Gasteiger partial charge in [-0.25, -0.2) is 23.0 Å². The molecular weight excluding hydrogens is 512 g/mol. The Labute approximate surface area is 209 Å². The second-order valence-corrected chi connectivity index (χ2v) is 8.66. The van der Waals surface area contributed by atoms with Gasteiger partial charge in [0, 0.05) is 6.20 Å². The standard InChI is InChI=1S/C18H14N4O5S.C4H6O5/c23-16-9-6-13(11-15(16)18(24)25)21-20-12-4-7-14(8-5-12)28(26,27)22-17-3-1-2-10-19-17;5-2(4(8)9)1-3(6)7/h1-11,23H,(H,19,22)(H,24,25);2,5H,1H2,(H,6,7)(H,8,9)/t;2-/m.0/s1. The molecule has 0 saturated heterocycles. The SMILES string of the molecule is O=C(O)C[C@H](O)C(=O)O.O=C(O)c1cc(N=Nc2ccc(S(=O)(=O)Nc3ccccn3)cc2)ccc1O. The number of aliphatic carboxylic acids is 2. The van der Waals surface area contributed by atoms with Crippen molar-refractivity contribution in [2.24, 2.45) is 10.2 Å². The molecule has 14 nitrogen and oxygen atoms in total. The summed E-state index contributed by atoms with van der Waals surface area (Å²) in [5.74, 6) is -4.30. The number of aliphatic hydroxyl groups is 1. The Morgan fingerprint density at radius 2 is 1.54 bits per heavy atom. The molecule has 0 aliphatic rings. The van der Waals surface area contributed by atoms with E-state index in [1.54, 1.807) is 12.1 Å². The molecule has 0 aliphatic carbocycles. The minimum absolute atomic E-state index is 0.0231. The highest BCUT2D eigenvalue weighted by atomic mass is 32.2. The van der Waals surface area contributed by atoms with E-state index in [-0.39, 0.29) is 27.7 Å². The second kappa shape index (κ2) is 12.7. The van der Waals surface area contributed by atoms with E-state index in [0.717, 1.165) is 0 Å². The fraction of sp³-hybridized carbons (Fsp3) is 0.0909. The number of hydrogen-bond acceptors (Lipinski definition) is 10. The van der Waals surface area contributed by atoms with Crippen molar-refractivity contribution < 1.29 is 48.3 Å². The molecule has 0 unspecified atom stereocenters. The number of nitrogens with one attached hydrogen (secondary N) is 1. The summed E-state index contributed by atoms with van der Waals surface area (Å²) in [4.78, 5) is 34.4. The Hall–Kier alpha value is -4.89. The summed E-state index contributed by atoms with van der Waals surface area (Å²) in [6, 6.07) is 14.3. The van der Waals surface area contributed by atoms with Gasteiger partial charge in [-0.15, -0.1) is 0 Å². The van der Waals surface area contributed by atoms with Crippen LogP contribution in [-0.2, 0) is 19.6 Å². The number of aliphatic hydroxyl groups excluding tert-OH is 1. The Balaban J connectivity index is 0.000000458. The molecule has 1 heterocycles. The zero-order valence-corrected chi connectivity index (χ0v) is 19.5. The summed E-state index contributed by atoms with van der Waals surface area (Å²) >= 11 is 0. The van der Waals surface area contributed by atoms with Crippen molar-refractivity contribution in [2.45, 2.75) is 17.4 Å². The van der Waals surface area contributed by atoms with E-state index in [1.807, 2.05) is 0 Å². The fourth-order valence-corrected chi connectivity index (χ4v) is 3.45. The maximum Gasteiger partial charge on any atom is 0.339 e. The van der Waals surface area contributed by atoms with Crippen molar-refractivity contribution in [3.63, 3.8) is 0 Å². The van der Waals surface area contributed by atoms with Crippen LogP contribution in [0.3, 0.4) is 0 Å². The molecule has 0 amide bonds. The van der Waals surface area contributed by atoms with E-state index >= 15 is 0 Å². The van der Waals surface area contributed by atoms with Crippen LogP contribution in [0, 0.1) is 0 Å². The number of sulfonamides is 1. The molecule has 3 aromatic rings. The first-order chi connectivity index (χ1) is 17.4. The number of nitrogens with zero attached hydrogens (tertiary/aromatic N) is 3. The molecule has 15 heteroatoms. The van der Waals surface area contributed by atoms with Crippen LogP contribution in [0.5, 0.6) is 5.75 Å². The van der Waals surface area contributed by atoms with E-state index < -0.39 is 40.5 Å². The lowest BCUT2D eigenvalue weighted by Gasteiger charge is -2.07. The first kappa shape index (κ1) is 28.3. The Bertz CT molecular complexity index is 1390. The van der Waals surface area contributed by atoms with E-state index in [4.69, 9.17) is 20.4 Å². The van der Waals surface area contributed by atoms with E-state index in [1.165, 1.54) is 54.7 Å². The molecule has 1 aromatic heterocycles. The number of aromatic nitrogens is 1. The molecule has 0 bridgehead atoms.